The first kappa shape index (κ1) is 22.8. The summed E-state index contributed by atoms with van der Waals surface area (Å²) in [5, 5.41) is 18.4. The van der Waals surface area contributed by atoms with Gasteiger partial charge in [0.05, 0.1) is 17.7 Å². The van der Waals surface area contributed by atoms with Crippen molar-refractivity contribution in [2.45, 2.75) is 6.04 Å². The number of anilines is 1. The first-order valence-electron chi connectivity index (χ1n) is 10.6. The van der Waals surface area contributed by atoms with Gasteiger partial charge < -0.3 is 11.5 Å². The fraction of sp³-hybridized carbons (Fsp3) is 0.0833. The lowest BCUT2D eigenvalue weighted by Gasteiger charge is -2.13. The number of nitrogens with zero attached hydrogens (tertiary/aromatic N) is 7. The molecule has 0 fully saturated rings. The molecule has 36 heavy (non-hydrogen) atoms. The number of aromatic nitrogens is 6. The van der Waals surface area contributed by atoms with Gasteiger partial charge in [-0.05, 0) is 24.3 Å². The Morgan fingerprint density at radius 3 is 2.42 bits per heavy atom. The monoisotopic (exact) mass is 485 g/mol. The maximum atomic E-state index is 14.4. The SMILES string of the molecule is Cn1nc(-c2c(-c3ccccc3C#N)nc(N)c3nc(C(N)c4c(F)cccc4F)nn23)ccc1=O. The quantitative estimate of drug-likeness (QED) is 0.393. The van der Waals surface area contributed by atoms with Crippen LogP contribution in [0.4, 0.5) is 14.6 Å². The summed E-state index contributed by atoms with van der Waals surface area (Å²) < 4.78 is 31.3. The molecule has 5 aromatic rings. The van der Waals surface area contributed by atoms with Crippen LogP contribution < -0.4 is 17.0 Å². The Balaban J connectivity index is 1.84. The van der Waals surface area contributed by atoms with E-state index < -0.39 is 23.2 Å². The maximum absolute atomic E-state index is 14.4. The molecule has 4 N–H and O–H groups in total. The average molecular weight is 485 g/mol. The molecule has 3 heterocycles. The number of halogens is 2. The van der Waals surface area contributed by atoms with Crippen molar-refractivity contribution in [2.75, 3.05) is 5.73 Å². The molecule has 0 bridgehead atoms. The van der Waals surface area contributed by atoms with Crippen LogP contribution in [0.1, 0.15) is 23.0 Å². The Bertz CT molecular complexity index is 1730. The van der Waals surface area contributed by atoms with Gasteiger partial charge in [-0.25, -0.2) is 27.9 Å². The number of hydrogen-bond acceptors (Lipinski definition) is 8. The third-order valence-corrected chi connectivity index (χ3v) is 5.62. The second kappa shape index (κ2) is 8.64. The molecule has 0 aliphatic heterocycles. The van der Waals surface area contributed by atoms with Gasteiger partial charge in [-0.15, -0.1) is 5.10 Å². The fourth-order valence-electron chi connectivity index (χ4n) is 3.88. The lowest BCUT2D eigenvalue weighted by atomic mass is 10.0. The van der Waals surface area contributed by atoms with Crippen molar-refractivity contribution in [2.24, 2.45) is 12.8 Å². The lowest BCUT2D eigenvalue weighted by Crippen LogP contribution is -2.19. The second-order valence-electron chi connectivity index (χ2n) is 7.85. The molecule has 2 aromatic carbocycles. The summed E-state index contributed by atoms with van der Waals surface area (Å²) in [6, 6.07) is 13.6. The van der Waals surface area contributed by atoms with E-state index in [0.717, 1.165) is 16.8 Å². The van der Waals surface area contributed by atoms with Gasteiger partial charge in [0.15, 0.2) is 17.3 Å². The molecule has 5 rings (SSSR count). The van der Waals surface area contributed by atoms with E-state index in [0.29, 0.717) is 11.1 Å². The number of rotatable bonds is 4. The van der Waals surface area contributed by atoms with Gasteiger partial charge in [0.2, 0.25) is 0 Å². The predicted molar refractivity (Wildman–Crippen MR) is 126 cm³/mol. The number of nitrogens with two attached hydrogens (primary N) is 2. The minimum absolute atomic E-state index is 0.0565. The van der Waals surface area contributed by atoms with Crippen LogP contribution in [0.2, 0.25) is 0 Å². The van der Waals surface area contributed by atoms with Crippen molar-refractivity contribution < 1.29 is 8.78 Å². The van der Waals surface area contributed by atoms with Crippen LogP contribution in [0.5, 0.6) is 0 Å². The third-order valence-electron chi connectivity index (χ3n) is 5.62. The van der Waals surface area contributed by atoms with Crippen molar-refractivity contribution in [3.63, 3.8) is 0 Å². The van der Waals surface area contributed by atoms with E-state index >= 15 is 0 Å². The van der Waals surface area contributed by atoms with Gasteiger partial charge in [-0.3, -0.25) is 4.79 Å². The van der Waals surface area contributed by atoms with Crippen LogP contribution in [-0.4, -0.2) is 29.4 Å². The van der Waals surface area contributed by atoms with Gasteiger partial charge >= 0.3 is 0 Å². The number of benzene rings is 2. The molecule has 10 nitrogen and oxygen atoms in total. The molecule has 0 saturated heterocycles. The van der Waals surface area contributed by atoms with Gasteiger partial charge in [0, 0.05) is 24.2 Å². The Morgan fingerprint density at radius 2 is 1.72 bits per heavy atom. The Morgan fingerprint density at radius 1 is 1.00 bits per heavy atom. The number of aryl methyl sites for hydroxylation is 1. The van der Waals surface area contributed by atoms with Gasteiger partial charge in [-0.2, -0.15) is 10.4 Å². The Labute approximate surface area is 202 Å². The number of hydrogen-bond donors (Lipinski definition) is 2. The minimum Gasteiger partial charge on any atom is -0.381 e. The first-order chi connectivity index (χ1) is 17.3. The molecule has 0 saturated carbocycles. The highest BCUT2D eigenvalue weighted by Gasteiger charge is 2.26. The number of nitriles is 1. The predicted octanol–water partition coefficient (Wildman–Crippen LogP) is 2.33. The summed E-state index contributed by atoms with van der Waals surface area (Å²) in [4.78, 5) is 20.8. The average Bonchev–Trinajstić information content (AvgIpc) is 3.31. The highest BCUT2D eigenvalue weighted by Crippen LogP contribution is 2.34. The van der Waals surface area contributed by atoms with Crippen LogP contribution in [0.3, 0.4) is 0 Å². The molecule has 12 heteroatoms. The smallest absolute Gasteiger partial charge is 0.266 e. The summed E-state index contributed by atoms with van der Waals surface area (Å²) in [5.41, 5.74) is 13.2. The highest BCUT2D eigenvalue weighted by molar-refractivity contribution is 5.83. The largest absolute Gasteiger partial charge is 0.381 e. The minimum atomic E-state index is -1.36. The molecule has 0 aliphatic rings. The van der Waals surface area contributed by atoms with Gasteiger partial charge in [0.1, 0.15) is 28.7 Å². The summed E-state index contributed by atoms with van der Waals surface area (Å²) in [6.45, 7) is 0. The van der Waals surface area contributed by atoms with E-state index in [1.165, 1.54) is 29.8 Å². The van der Waals surface area contributed by atoms with Gasteiger partial charge in [0.25, 0.3) is 5.56 Å². The fourth-order valence-corrected chi connectivity index (χ4v) is 3.88. The summed E-state index contributed by atoms with van der Waals surface area (Å²) >= 11 is 0. The maximum Gasteiger partial charge on any atom is 0.266 e. The van der Waals surface area contributed by atoms with Crippen molar-refractivity contribution in [1.82, 2.24) is 29.4 Å². The van der Waals surface area contributed by atoms with Crippen molar-refractivity contribution in [3.05, 3.63) is 93.5 Å². The normalized spacial score (nSPS) is 12.0. The Hall–Kier alpha value is -5.02. The van der Waals surface area contributed by atoms with Gasteiger partial charge in [-0.1, -0.05) is 24.3 Å². The topological polar surface area (TPSA) is 154 Å². The Kier molecular flexibility index (Phi) is 5.46. The summed E-state index contributed by atoms with van der Waals surface area (Å²) in [5.74, 6) is -1.89. The van der Waals surface area contributed by atoms with Crippen LogP contribution in [0.15, 0.2) is 59.4 Å². The summed E-state index contributed by atoms with van der Waals surface area (Å²) in [6.07, 6.45) is 0. The highest BCUT2D eigenvalue weighted by atomic mass is 19.1. The molecule has 1 atom stereocenters. The van der Waals surface area contributed by atoms with Crippen molar-refractivity contribution >= 4 is 11.5 Å². The van der Waals surface area contributed by atoms with E-state index in [1.54, 1.807) is 24.3 Å². The zero-order valence-electron chi connectivity index (χ0n) is 18.7. The second-order valence-corrected chi connectivity index (χ2v) is 7.85. The van der Waals surface area contributed by atoms with E-state index in [2.05, 4.69) is 26.2 Å². The molecule has 0 spiro atoms. The molecule has 0 amide bonds. The van der Waals surface area contributed by atoms with Crippen LogP contribution >= 0.6 is 0 Å². The lowest BCUT2D eigenvalue weighted by molar-refractivity contribution is 0.537. The number of fused-ring (bicyclic) bond motifs is 1. The van der Waals surface area contributed by atoms with Crippen molar-refractivity contribution in [1.29, 1.82) is 5.26 Å². The van der Waals surface area contributed by atoms with Crippen LogP contribution in [0, 0.1) is 23.0 Å². The molecule has 178 valence electrons. The van der Waals surface area contributed by atoms with E-state index in [9.17, 15) is 18.8 Å². The molecule has 3 aromatic heterocycles. The molecule has 0 aliphatic carbocycles. The van der Waals surface area contributed by atoms with Crippen LogP contribution in [-0.2, 0) is 7.05 Å². The molecule has 0 radical (unpaired) electrons. The third kappa shape index (κ3) is 3.64. The molecular weight excluding hydrogens is 468 g/mol. The molecular formula is C24H17F2N9O. The summed E-state index contributed by atoms with van der Waals surface area (Å²) in [7, 11) is 1.47. The van der Waals surface area contributed by atoms with Crippen molar-refractivity contribution in [3.8, 4) is 28.7 Å². The number of nitrogen functional groups attached to an aromatic ring is 1. The van der Waals surface area contributed by atoms with E-state index in [4.69, 9.17) is 11.5 Å². The zero-order valence-corrected chi connectivity index (χ0v) is 18.7. The van der Waals surface area contributed by atoms with Crippen LogP contribution in [0.25, 0.3) is 28.3 Å². The standard InChI is InChI=1S/C24H17F2N9O/c1-34-17(36)10-9-16(32-34)21-20(13-6-3-2-5-12(13)11-27)30-22(29)24-31-23(33-35(21)24)19(28)18-14(25)7-4-8-15(18)26/h2-10,19H,28H2,1H3,(H2,29,30). The van der Waals surface area contributed by atoms with E-state index in [1.807, 2.05) is 0 Å². The zero-order chi connectivity index (χ0) is 25.6. The first-order valence-corrected chi connectivity index (χ1v) is 10.6. The van der Waals surface area contributed by atoms with E-state index in [-0.39, 0.29) is 39.9 Å². The molecule has 1 unspecified atom stereocenters.